The summed E-state index contributed by atoms with van der Waals surface area (Å²) >= 11 is 0. The molecule has 0 amide bonds. The highest BCUT2D eigenvalue weighted by Crippen LogP contribution is 2.40. The molecule has 1 aliphatic rings. The smallest absolute Gasteiger partial charge is 0.130 e. The number of benzene rings is 2. The normalized spacial score (nSPS) is 16.4. The monoisotopic (exact) mass is 297 g/mol. The van der Waals surface area contributed by atoms with Gasteiger partial charge in [0.2, 0.25) is 0 Å². The fourth-order valence-corrected chi connectivity index (χ4v) is 3.23. The van der Waals surface area contributed by atoms with Crippen molar-refractivity contribution < 1.29 is 4.74 Å². The largest absolute Gasteiger partial charge is 0.488 e. The third kappa shape index (κ3) is 2.89. The molecule has 22 heavy (non-hydrogen) atoms. The molecule has 0 aliphatic carbocycles. The second-order valence-corrected chi connectivity index (χ2v) is 5.77. The molecule has 0 aromatic heterocycles. The highest BCUT2D eigenvalue weighted by atomic mass is 16.5. The molecule has 0 spiro atoms. The predicted octanol–water partition coefficient (Wildman–Crippen LogP) is 4.51. The fraction of sp³-hybridized carbons (Fsp3) is 0.400. The van der Waals surface area contributed by atoms with Crippen molar-refractivity contribution in [3.8, 4) is 16.9 Å². The number of nitrogens with two attached hydrogens (primary N) is 1. The van der Waals surface area contributed by atoms with Crippen molar-refractivity contribution in [2.75, 3.05) is 6.54 Å². The lowest BCUT2D eigenvalue weighted by Crippen LogP contribution is -2.30. The fourth-order valence-electron chi connectivity index (χ4n) is 3.23. The van der Waals surface area contributed by atoms with Gasteiger partial charge in [0.05, 0.1) is 0 Å². The maximum absolute atomic E-state index is 6.20. The molecule has 2 aromatic carbocycles. The number of fused-ring (bicyclic) bond motifs is 1. The second-order valence-electron chi connectivity index (χ2n) is 5.77. The second kappa shape index (κ2) is 6.97. The van der Waals surface area contributed by atoms with Crippen LogP contribution in [0.4, 0.5) is 0 Å². The Kier molecular flexibility index (Phi) is 5.25. The lowest BCUT2D eigenvalue weighted by Gasteiger charge is -2.28. The van der Waals surface area contributed by atoms with E-state index in [2.05, 4.69) is 50.2 Å². The molecule has 0 bridgehead atoms. The van der Waals surface area contributed by atoms with Crippen LogP contribution in [-0.2, 0) is 12.8 Å². The number of hydrogen-bond acceptors (Lipinski definition) is 2. The SMILES string of the molecule is C.CCc1cccc(C)c1-c1cccc2c1O[C@@H](CN)CC2. The average Bonchev–Trinajstić information content (AvgIpc) is 2.53. The first-order chi connectivity index (χ1) is 10.2. The summed E-state index contributed by atoms with van der Waals surface area (Å²) in [5.41, 5.74) is 12.4. The number of aryl methyl sites for hydroxylation is 3. The Labute approximate surface area is 134 Å². The Morgan fingerprint density at radius 1 is 1.18 bits per heavy atom. The zero-order chi connectivity index (χ0) is 14.8. The summed E-state index contributed by atoms with van der Waals surface area (Å²) in [7, 11) is 0. The minimum absolute atomic E-state index is 0. The summed E-state index contributed by atoms with van der Waals surface area (Å²) in [4.78, 5) is 0. The molecule has 118 valence electrons. The van der Waals surface area contributed by atoms with Crippen molar-refractivity contribution in [1.82, 2.24) is 0 Å². The lowest BCUT2D eigenvalue weighted by atomic mass is 9.90. The Balaban J connectivity index is 0.00000176. The average molecular weight is 297 g/mol. The van der Waals surface area contributed by atoms with E-state index in [4.69, 9.17) is 10.5 Å². The van der Waals surface area contributed by atoms with Gasteiger partial charge in [-0.05, 0) is 48.4 Å². The number of hydrogen-bond donors (Lipinski definition) is 1. The Bertz CT molecular complexity index is 648. The summed E-state index contributed by atoms with van der Waals surface area (Å²) in [5.74, 6) is 1.04. The summed E-state index contributed by atoms with van der Waals surface area (Å²) in [6, 6.07) is 13.0. The Hall–Kier alpha value is -1.80. The van der Waals surface area contributed by atoms with Gasteiger partial charge in [-0.3, -0.25) is 0 Å². The van der Waals surface area contributed by atoms with Gasteiger partial charge in [-0.1, -0.05) is 50.7 Å². The first-order valence-electron chi connectivity index (χ1n) is 7.82. The van der Waals surface area contributed by atoms with Gasteiger partial charge in [-0.15, -0.1) is 0 Å². The summed E-state index contributed by atoms with van der Waals surface area (Å²) in [6.45, 7) is 4.97. The first-order valence-corrected chi connectivity index (χ1v) is 7.82. The van der Waals surface area contributed by atoms with Gasteiger partial charge in [0, 0.05) is 12.1 Å². The van der Waals surface area contributed by atoms with Gasteiger partial charge >= 0.3 is 0 Å². The van der Waals surface area contributed by atoms with Crippen molar-refractivity contribution in [2.45, 2.75) is 46.6 Å². The van der Waals surface area contributed by atoms with Crippen LogP contribution in [0.15, 0.2) is 36.4 Å². The molecule has 1 heterocycles. The standard InChI is InChI=1S/C19H23NO.CH4/c1-3-14-7-4-6-13(2)18(14)17-9-5-8-15-10-11-16(12-20)21-19(15)17;/h4-9,16H,3,10-12,20H2,1-2H3;1H4/t16-;/m1./s1. The van der Waals surface area contributed by atoms with Crippen LogP contribution in [0, 0.1) is 6.92 Å². The summed E-state index contributed by atoms with van der Waals surface area (Å²) in [5, 5.41) is 0. The van der Waals surface area contributed by atoms with E-state index >= 15 is 0 Å². The van der Waals surface area contributed by atoms with Crippen LogP contribution in [0.5, 0.6) is 5.75 Å². The highest BCUT2D eigenvalue weighted by molar-refractivity contribution is 5.77. The van der Waals surface area contributed by atoms with Crippen LogP contribution in [0.1, 0.15) is 37.5 Å². The van der Waals surface area contributed by atoms with Crippen molar-refractivity contribution in [3.63, 3.8) is 0 Å². The van der Waals surface area contributed by atoms with Gasteiger partial charge in [-0.2, -0.15) is 0 Å². The number of rotatable bonds is 3. The maximum atomic E-state index is 6.20. The van der Waals surface area contributed by atoms with E-state index < -0.39 is 0 Å². The molecule has 1 atom stereocenters. The molecule has 2 heteroatoms. The van der Waals surface area contributed by atoms with Crippen LogP contribution in [0.25, 0.3) is 11.1 Å². The molecule has 0 fully saturated rings. The number of ether oxygens (including phenoxy) is 1. The minimum atomic E-state index is 0. The first kappa shape index (κ1) is 16.6. The number of para-hydroxylation sites is 1. The van der Waals surface area contributed by atoms with Gasteiger partial charge in [-0.25, -0.2) is 0 Å². The van der Waals surface area contributed by atoms with E-state index in [9.17, 15) is 0 Å². The zero-order valence-electron chi connectivity index (χ0n) is 12.9. The van der Waals surface area contributed by atoms with E-state index in [0.717, 1.165) is 25.0 Å². The summed E-state index contributed by atoms with van der Waals surface area (Å²) in [6.07, 6.45) is 3.24. The van der Waals surface area contributed by atoms with Crippen LogP contribution >= 0.6 is 0 Å². The van der Waals surface area contributed by atoms with E-state index in [1.165, 1.54) is 27.8 Å². The molecule has 0 saturated carbocycles. The molecule has 2 nitrogen and oxygen atoms in total. The van der Waals surface area contributed by atoms with E-state index in [1.807, 2.05) is 0 Å². The maximum Gasteiger partial charge on any atom is 0.130 e. The van der Waals surface area contributed by atoms with E-state index in [0.29, 0.717) is 6.54 Å². The zero-order valence-corrected chi connectivity index (χ0v) is 12.9. The Morgan fingerprint density at radius 2 is 1.95 bits per heavy atom. The van der Waals surface area contributed by atoms with Gasteiger partial charge in [0.15, 0.2) is 0 Å². The van der Waals surface area contributed by atoms with Gasteiger partial charge < -0.3 is 10.5 Å². The predicted molar refractivity (Wildman–Crippen MR) is 94.5 cm³/mol. The topological polar surface area (TPSA) is 35.2 Å². The molecule has 1 aliphatic heterocycles. The van der Waals surface area contributed by atoms with Crippen molar-refractivity contribution in [1.29, 1.82) is 0 Å². The quantitative estimate of drug-likeness (QED) is 0.904. The van der Waals surface area contributed by atoms with E-state index in [-0.39, 0.29) is 13.5 Å². The van der Waals surface area contributed by atoms with Crippen LogP contribution in [-0.4, -0.2) is 12.6 Å². The van der Waals surface area contributed by atoms with Crippen LogP contribution < -0.4 is 10.5 Å². The molecular weight excluding hydrogens is 270 g/mol. The molecule has 2 N–H and O–H groups in total. The highest BCUT2D eigenvalue weighted by Gasteiger charge is 2.23. The van der Waals surface area contributed by atoms with Crippen molar-refractivity contribution >= 4 is 0 Å². The molecule has 0 unspecified atom stereocenters. The molecule has 2 aromatic rings. The molecular formula is C20H27NO. The Morgan fingerprint density at radius 3 is 2.68 bits per heavy atom. The molecule has 0 saturated heterocycles. The third-order valence-corrected chi connectivity index (χ3v) is 4.39. The third-order valence-electron chi connectivity index (χ3n) is 4.39. The van der Waals surface area contributed by atoms with Gasteiger partial charge in [0.25, 0.3) is 0 Å². The molecule has 3 rings (SSSR count). The van der Waals surface area contributed by atoms with Crippen molar-refractivity contribution in [2.24, 2.45) is 5.73 Å². The van der Waals surface area contributed by atoms with E-state index in [1.54, 1.807) is 0 Å². The molecule has 0 radical (unpaired) electrons. The summed E-state index contributed by atoms with van der Waals surface area (Å²) < 4.78 is 6.20. The van der Waals surface area contributed by atoms with Crippen LogP contribution in [0.3, 0.4) is 0 Å². The van der Waals surface area contributed by atoms with Crippen molar-refractivity contribution in [3.05, 3.63) is 53.1 Å². The lowest BCUT2D eigenvalue weighted by molar-refractivity contribution is 0.182. The minimum Gasteiger partial charge on any atom is -0.488 e. The van der Waals surface area contributed by atoms with Gasteiger partial charge in [0.1, 0.15) is 11.9 Å². The van der Waals surface area contributed by atoms with Crippen LogP contribution in [0.2, 0.25) is 0 Å².